The molecule has 2 atom stereocenters. The van der Waals surface area contributed by atoms with Crippen LogP contribution in [-0.2, 0) is 16.1 Å². The molecule has 2 saturated heterocycles. The number of rotatable bonds is 5. The lowest BCUT2D eigenvalue weighted by molar-refractivity contribution is -0.140. The second-order valence-corrected chi connectivity index (χ2v) is 15.3. The topological polar surface area (TPSA) is 58.6 Å². The maximum atomic E-state index is 13.2. The SMILES string of the molecule is CC(C)(C)[Si](C)(C)Oc1ccc(C2CNC(=O)C23CCC(=O)N3Cc2ccccc2)cc1. The summed E-state index contributed by atoms with van der Waals surface area (Å²) in [4.78, 5) is 27.9. The van der Waals surface area contributed by atoms with Crippen molar-refractivity contribution in [3.8, 4) is 5.75 Å². The van der Waals surface area contributed by atoms with Gasteiger partial charge in [-0.05, 0) is 47.8 Å². The first-order chi connectivity index (χ1) is 15.0. The van der Waals surface area contributed by atoms with E-state index in [1.165, 1.54) is 0 Å². The lowest BCUT2D eigenvalue weighted by Crippen LogP contribution is -2.53. The van der Waals surface area contributed by atoms with Crippen molar-refractivity contribution in [1.82, 2.24) is 10.2 Å². The van der Waals surface area contributed by atoms with Crippen molar-refractivity contribution >= 4 is 20.1 Å². The molecule has 32 heavy (non-hydrogen) atoms. The summed E-state index contributed by atoms with van der Waals surface area (Å²) < 4.78 is 6.43. The number of carbonyl (C=O) groups is 2. The van der Waals surface area contributed by atoms with Crippen molar-refractivity contribution in [2.45, 2.75) is 69.7 Å². The van der Waals surface area contributed by atoms with Gasteiger partial charge in [0, 0.05) is 25.4 Å². The fourth-order valence-electron chi connectivity index (χ4n) is 4.67. The molecule has 0 saturated carbocycles. The first-order valence-electron chi connectivity index (χ1n) is 11.5. The van der Waals surface area contributed by atoms with E-state index in [2.05, 4.69) is 51.3 Å². The molecule has 2 aliphatic heterocycles. The smallest absolute Gasteiger partial charge is 0.250 e. The highest BCUT2D eigenvalue weighted by molar-refractivity contribution is 6.74. The van der Waals surface area contributed by atoms with Crippen LogP contribution < -0.4 is 9.74 Å². The molecule has 4 rings (SSSR count). The van der Waals surface area contributed by atoms with Crippen LogP contribution >= 0.6 is 0 Å². The van der Waals surface area contributed by atoms with E-state index in [-0.39, 0.29) is 22.8 Å². The van der Waals surface area contributed by atoms with E-state index in [4.69, 9.17) is 4.43 Å². The lowest BCUT2D eigenvalue weighted by atomic mass is 9.79. The molecular formula is C26H34N2O3Si. The Balaban J connectivity index is 1.62. The quantitative estimate of drug-likeness (QED) is 0.663. The fourth-order valence-corrected chi connectivity index (χ4v) is 5.70. The highest BCUT2D eigenvalue weighted by atomic mass is 28.4. The molecule has 1 spiro atoms. The molecule has 0 radical (unpaired) electrons. The van der Waals surface area contributed by atoms with E-state index >= 15 is 0 Å². The Morgan fingerprint density at radius 1 is 1.06 bits per heavy atom. The van der Waals surface area contributed by atoms with Gasteiger partial charge in [-0.25, -0.2) is 0 Å². The van der Waals surface area contributed by atoms with Gasteiger partial charge in [0.15, 0.2) is 0 Å². The number of nitrogens with one attached hydrogen (secondary N) is 1. The zero-order chi connectivity index (χ0) is 23.1. The number of carbonyl (C=O) groups excluding carboxylic acids is 2. The average Bonchev–Trinajstić information content (AvgIpc) is 3.24. The summed E-state index contributed by atoms with van der Waals surface area (Å²) in [5, 5.41) is 3.18. The average molecular weight is 451 g/mol. The Morgan fingerprint density at radius 3 is 2.34 bits per heavy atom. The molecule has 170 valence electrons. The van der Waals surface area contributed by atoms with Crippen LogP contribution in [0.1, 0.15) is 50.7 Å². The summed E-state index contributed by atoms with van der Waals surface area (Å²) in [7, 11) is -1.92. The molecule has 0 bridgehead atoms. The third kappa shape index (κ3) is 3.85. The minimum Gasteiger partial charge on any atom is -0.544 e. The van der Waals surface area contributed by atoms with Gasteiger partial charge in [-0.3, -0.25) is 9.59 Å². The molecule has 0 aromatic heterocycles. The van der Waals surface area contributed by atoms with E-state index < -0.39 is 13.9 Å². The number of benzene rings is 2. The standard InChI is InChI=1S/C26H34N2O3Si/c1-25(2,3)32(4,5)31-21-13-11-20(12-14-21)22-17-27-24(30)26(22)16-15-23(29)28(26)18-19-9-7-6-8-10-19/h6-14,22H,15-18H2,1-5H3,(H,27,30). The summed E-state index contributed by atoms with van der Waals surface area (Å²) >= 11 is 0. The third-order valence-electron chi connectivity index (χ3n) is 7.58. The van der Waals surface area contributed by atoms with Crippen molar-refractivity contribution in [2.24, 2.45) is 0 Å². The molecule has 2 aromatic rings. The largest absolute Gasteiger partial charge is 0.544 e. The van der Waals surface area contributed by atoms with Crippen LogP contribution in [0.5, 0.6) is 5.75 Å². The molecule has 0 aliphatic carbocycles. The normalized spacial score (nSPS) is 23.7. The summed E-state index contributed by atoms with van der Waals surface area (Å²) in [5.41, 5.74) is 1.28. The van der Waals surface area contributed by atoms with Gasteiger partial charge in [-0.1, -0.05) is 63.2 Å². The minimum absolute atomic E-state index is 0.0362. The van der Waals surface area contributed by atoms with Gasteiger partial charge in [0.25, 0.3) is 0 Å². The van der Waals surface area contributed by atoms with Crippen molar-refractivity contribution in [3.05, 3.63) is 65.7 Å². The molecule has 2 aliphatic rings. The number of nitrogens with zero attached hydrogens (tertiary/aromatic N) is 1. The summed E-state index contributed by atoms with van der Waals surface area (Å²) in [6, 6.07) is 18.1. The summed E-state index contributed by atoms with van der Waals surface area (Å²) in [5.74, 6) is 0.807. The Hall–Kier alpha value is -2.60. The first-order valence-corrected chi connectivity index (χ1v) is 14.4. The fraction of sp³-hybridized carbons (Fsp3) is 0.462. The minimum atomic E-state index is -1.92. The van der Waals surface area contributed by atoms with Crippen LogP contribution in [0.4, 0.5) is 0 Å². The maximum absolute atomic E-state index is 13.2. The van der Waals surface area contributed by atoms with Crippen LogP contribution in [0.2, 0.25) is 18.1 Å². The molecule has 6 heteroatoms. The van der Waals surface area contributed by atoms with E-state index in [0.29, 0.717) is 25.9 Å². The summed E-state index contributed by atoms with van der Waals surface area (Å²) in [6.45, 7) is 12.2. The first kappa shape index (κ1) is 22.6. The van der Waals surface area contributed by atoms with Crippen molar-refractivity contribution in [3.63, 3.8) is 0 Å². The van der Waals surface area contributed by atoms with Crippen molar-refractivity contribution < 1.29 is 14.0 Å². The Bertz CT molecular complexity index is 998. The molecular weight excluding hydrogens is 416 g/mol. The lowest BCUT2D eigenvalue weighted by Gasteiger charge is -2.38. The van der Waals surface area contributed by atoms with E-state index in [9.17, 15) is 9.59 Å². The Kier molecular flexibility index (Phi) is 5.69. The Labute approximate surface area is 192 Å². The van der Waals surface area contributed by atoms with Crippen LogP contribution in [0, 0.1) is 0 Å². The number of hydrogen-bond donors (Lipinski definition) is 1. The zero-order valence-electron chi connectivity index (χ0n) is 19.8. The molecule has 1 N–H and O–H groups in total. The molecule has 2 aromatic carbocycles. The zero-order valence-corrected chi connectivity index (χ0v) is 20.8. The van der Waals surface area contributed by atoms with Gasteiger partial charge in [0.2, 0.25) is 20.1 Å². The van der Waals surface area contributed by atoms with Crippen LogP contribution in [-0.4, -0.2) is 37.1 Å². The third-order valence-corrected chi connectivity index (χ3v) is 11.9. The van der Waals surface area contributed by atoms with Crippen LogP contribution in [0.25, 0.3) is 0 Å². The van der Waals surface area contributed by atoms with E-state index in [1.54, 1.807) is 0 Å². The number of amides is 2. The number of likely N-dealkylation sites (tertiary alicyclic amines) is 1. The second kappa shape index (κ2) is 8.07. The molecule has 2 heterocycles. The molecule has 2 amide bonds. The van der Waals surface area contributed by atoms with Crippen LogP contribution in [0.3, 0.4) is 0 Å². The van der Waals surface area contributed by atoms with Gasteiger partial charge >= 0.3 is 0 Å². The number of hydrogen-bond acceptors (Lipinski definition) is 3. The van der Waals surface area contributed by atoms with Crippen molar-refractivity contribution in [2.75, 3.05) is 6.54 Å². The van der Waals surface area contributed by atoms with Gasteiger partial charge in [0.05, 0.1) is 0 Å². The monoisotopic (exact) mass is 450 g/mol. The van der Waals surface area contributed by atoms with Gasteiger partial charge in [0.1, 0.15) is 11.3 Å². The molecule has 2 fully saturated rings. The highest BCUT2D eigenvalue weighted by Gasteiger charge is 2.59. The van der Waals surface area contributed by atoms with Gasteiger partial charge in [-0.15, -0.1) is 0 Å². The maximum Gasteiger partial charge on any atom is 0.250 e. The Morgan fingerprint density at radius 2 is 1.72 bits per heavy atom. The highest BCUT2D eigenvalue weighted by Crippen LogP contribution is 2.46. The second-order valence-electron chi connectivity index (χ2n) is 10.6. The predicted molar refractivity (Wildman–Crippen MR) is 129 cm³/mol. The van der Waals surface area contributed by atoms with Crippen LogP contribution in [0.15, 0.2) is 54.6 Å². The van der Waals surface area contributed by atoms with Gasteiger partial charge in [-0.2, -0.15) is 0 Å². The van der Waals surface area contributed by atoms with Crippen molar-refractivity contribution in [1.29, 1.82) is 0 Å². The van der Waals surface area contributed by atoms with E-state index in [0.717, 1.165) is 16.9 Å². The predicted octanol–water partition coefficient (Wildman–Crippen LogP) is 4.85. The molecule has 5 nitrogen and oxygen atoms in total. The van der Waals surface area contributed by atoms with E-state index in [1.807, 2.05) is 47.4 Å². The van der Waals surface area contributed by atoms with Gasteiger partial charge < -0.3 is 14.6 Å². The molecule has 2 unspecified atom stereocenters. The summed E-state index contributed by atoms with van der Waals surface area (Å²) in [6.07, 6.45) is 0.959.